The molecule has 0 bridgehead atoms. The summed E-state index contributed by atoms with van der Waals surface area (Å²) in [5.41, 5.74) is 20.3. The Balaban J connectivity index is 1.07. The largest absolute Gasteiger partial charge is 0.310 e. The molecule has 0 saturated carbocycles. The molecule has 0 N–H and O–H groups in total. The fourth-order valence-electron chi connectivity index (χ4n) is 12.8. The average Bonchev–Trinajstić information content (AvgIpc) is 3.92. The molecule has 0 amide bonds. The number of rotatable bonds is 6. The molecule has 0 fully saturated rings. The molecule has 0 saturated heterocycles. The molecular weight excluding hydrogens is 867 g/mol. The lowest BCUT2D eigenvalue weighted by atomic mass is 9.70. The Kier molecular flexibility index (Phi) is 8.94. The monoisotopic (exact) mass is 911 g/mol. The maximum atomic E-state index is 2.58. The van der Waals surface area contributed by atoms with E-state index in [0.29, 0.717) is 0 Å². The molecule has 0 atom stereocenters. The number of benzene rings is 13. The molecule has 0 aromatic heterocycles. The van der Waals surface area contributed by atoms with Gasteiger partial charge in [0.15, 0.2) is 0 Å². The fourth-order valence-corrected chi connectivity index (χ4v) is 12.8. The zero-order valence-corrected chi connectivity index (χ0v) is 39.4. The van der Waals surface area contributed by atoms with Gasteiger partial charge in [0.2, 0.25) is 0 Å². The van der Waals surface area contributed by atoms with Crippen molar-refractivity contribution < 1.29 is 0 Å². The highest BCUT2D eigenvalue weighted by Gasteiger charge is 2.52. The Morgan fingerprint density at radius 2 is 0.667 bits per heavy atom. The molecule has 13 aromatic rings. The van der Waals surface area contributed by atoms with Gasteiger partial charge in [0.05, 0.1) is 11.1 Å². The van der Waals surface area contributed by atoms with Crippen LogP contribution in [0.1, 0.15) is 22.3 Å². The van der Waals surface area contributed by atoms with Gasteiger partial charge in [0, 0.05) is 16.9 Å². The summed E-state index contributed by atoms with van der Waals surface area (Å²) in [4.78, 5) is 2.55. The minimum absolute atomic E-state index is 0.534. The molecule has 2 aliphatic carbocycles. The van der Waals surface area contributed by atoms with Crippen LogP contribution in [0.5, 0.6) is 0 Å². The van der Waals surface area contributed by atoms with E-state index < -0.39 is 5.41 Å². The molecule has 72 heavy (non-hydrogen) atoms. The molecule has 1 heteroatoms. The SMILES string of the molecule is c1ccc(-c2ccccc2-c2cc3c(cc2N(c2ccc(-c4cccc5ccccc45)cc2)c2ccc4c5ccccc5c5ccccc5c4c2)C2(c4ccccc4-c4ccccc42)c2ccccc2-3)cc1. The summed E-state index contributed by atoms with van der Waals surface area (Å²) in [6, 6.07) is 102. The average molecular weight is 912 g/mol. The second kappa shape index (κ2) is 15.9. The number of nitrogens with zero attached hydrogens (tertiary/aromatic N) is 1. The third-order valence-electron chi connectivity index (χ3n) is 15.9. The van der Waals surface area contributed by atoms with Crippen molar-refractivity contribution in [3.8, 4) is 55.6 Å². The molecule has 0 radical (unpaired) electrons. The summed E-state index contributed by atoms with van der Waals surface area (Å²) < 4.78 is 0. The predicted octanol–water partition coefficient (Wildman–Crippen LogP) is 19.1. The molecule has 334 valence electrons. The summed E-state index contributed by atoms with van der Waals surface area (Å²) in [6.45, 7) is 0. The van der Waals surface area contributed by atoms with Gasteiger partial charge in [0.1, 0.15) is 0 Å². The van der Waals surface area contributed by atoms with Crippen molar-refractivity contribution >= 4 is 60.2 Å². The Morgan fingerprint density at radius 3 is 1.31 bits per heavy atom. The van der Waals surface area contributed by atoms with Gasteiger partial charge < -0.3 is 4.90 Å². The summed E-state index contributed by atoms with van der Waals surface area (Å²) in [5, 5.41) is 10.0. The molecule has 0 aliphatic heterocycles. The van der Waals surface area contributed by atoms with Crippen LogP contribution in [0.25, 0.3) is 98.7 Å². The van der Waals surface area contributed by atoms with Gasteiger partial charge in [-0.1, -0.05) is 237 Å². The lowest BCUT2D eigenvalue weighted by molar-refractivity contribution is 0.794. The molecule has 13 aromatic carbocycles. The first kappa shape index (κ1) is 40.6. The first-order valence-corrected chi connectivity index (χ1v) is 25.1. The zero-order valence-electron chi connectivity index (χ0n) is 39.4. The Morgan fingerprint density at radius 1 is 0.222 bits per heavy atom. The molecule has 2 aliphatic rings. The fraction of sp³-hybridized carbons (Fsp3) is 0.0141. The van der Waals surface area contributed by atoms with Crippen LogP contribution in [0.15, 0.2) is 273 Å². The zero-order chi connectivity index (χ0) is 47.3. The summed E-state index contributed by atoms with van der Waals surface area (Å²) in [6.07, 6.45) is 0. The summed E-state index contributed by atoms with van der Waals surface area (Å²) in [7, 11) is 0. The lowest BCUT2D eigenvalue weighted by Gasteiger charge is -2.33. The topological polar surface area (TPSA) is 3.24 Å². The molecule has 1 spiro atoms. The number of anilines is 3. The van der Waals surface area contributed by atoms with E-state index in [4.69, 9.17) is 0 Å². The van der Waals surface area contributed by atoms with E-state index in [1.54, 1.807) is 0 Å². The second-order valence-corrected chi connectivity index (χ2v) is 19.4. The molecule has 15 rings (SSSR count). The van der Waals surface area contributed by atoms with Gasteiger partial charge in [-0.2, -0.15) is 0 Å². The van der Waals surface area contributed by atoms with Crippen LogP contribution in [0.2, 0.25) is 0 Å². The second-order valence-electron chi connectivity index (χ2n) is 19.4. The third-order valence-corrected chi connectivity index (χ3v) is 15.9. The van der Waals surface area contributed by atoms with Crippen LogP contribution in [-0.4, -0.2) is 0 Å². The van der Waals surface area contributed by atoms with Crippen molar-refractivity contribution in [3.63, 3.8) is 0 Å². The third kappa shape index (κ3) is 5.83. The lowest BCUT2D eigenvalue weighted by Crippen LogP contribution is -2.26. The van der Waals surface area contributed by atoms with Crippen molar-refractivity contribution in [1.29, 1.82) is 0 Å². The van der Waals surface area contributed by atoms with Gasteiger partial charge in [-0.05, 0) is 152 Å². The van der Waals surface area contributed by atoms with E-state index in [2.05, 4.69) is 278 Å². The van der Waals surface area contributed by atoms with Gasteiger partial charge in [0.25, 0.3) is 0 Å². The Bertz CT molecular complexity index is 4250. The van der Waals surface area contributed by atoms with E-state index in [1.807, 2.05) is 0 Å². The quantitative estimate of drug-likeness (QED) is 0.150. The van der Waals surface area contributed by atoms with Crippen molar-refractivity contribution in [2.45, 2.75) is 5.41 Å². The minimum Gasteiger partial charge on any atom is -0.310 e. The first-order chi connectivity index (χ1) is 35.7. The molecule has 1 nitrogen and oxygen atoms in total. The van der Waals surface area contributed by atoms with Crippen molar-refractivity contribution in [3.05, 3.63) is 295 Å². The van der Waals surface area contributed by atoms with Crippen LogP contribution in [0, 0.1) is 0 Å². The van der Waals surface area contributed by atoms with E-state index >= 15 is 0 Å². The highest BCUT2D eigenvalue weighted by molar-refractivity contribution is 6.26. The maximum Gasteiger partial charge on any atom is 0.0726 e. The van der Waals surface area contributed by atoms with Crippen molar-refractivity contribution in [2.75, 3.05) is 4.90 Å². The number of hydrogen-bond acceptors (Lipinski definition) is 1. The molecule has 0 unspecified atom stereocenters. The van der Waals surface area contributed by atoms with Crippen molar-refractivity contribution in [1.82, 2.24) is 0 Å². The Labute approximate surface area is 419 Å². The van der Waals surface area contributed by atoms with Gasteiger partial charge in [-0.25, -0.2) is 0 Å². The van der Waals surface area contributed by atoms with Crippen LogP contribution in [0.4, 0.5) is 17.1 Å². The first-order valence-electron chi connectivity index (χ1n) is 25.1. The molecule has 0 heterocycles. The van der Waals surface area contributed by atoms with Gasteiger partial charge >= 0.3 is 0 Å². The van der Waals surface area contributed by atoms with Crippen molar-refractivity contribution in [2.24, 2.45) is 0 Å². The smallest absolute Gasteiger partial charge is 0.0726 e. The minimum atomic E-state index is -0.534. The number of hydrogen-bond donors (Lipinski definition) is 0. The highest BCUT2D eigenvalue weighted by atomic mass is 15.1. The standard InChI is InChI=1S/C71H45N/c1-2-19-46(20-3-1)53-24-6-7-25-54(53)65-44-64-62-32-14-17-36-68(62)71(66-34-15-12-30-60(66)61-31-13-16-35-67(61)71)69(64)45-70(65)72(49-39-37-48(38-40-49)52-33-18-22-47-21-4-5-23-51(47)52)50-41-42-59-57-28-9-8-26-55(57)56-27-10-11-29-58(56)63(59)43-50/h1-45H. The van der Waals surface area contributed by atoms with Crippen LogP contribution in [0.3, 0.4) is 0 Å². The van der Waals surface area contributed by atoms with E-state index in [0.717, 1.165) is 17.1 Å². The number of fused-ring (bicyclic) bond motifs is 17. The normalized spacial score (nSPS) is 12.8. The maximum absolute atomic E-state index is 2.58. The van der Waals surface area contributed by atoms with E-state index in [-0.39, 0.29) is 0 Å². The Hall–Kier alpha value is -9.30. The van der Waals surface area contributed by atoms with E-state index in [9.17, 15) is 0 Å². The molecular formula is C71H45N. The predicted molar refractivity (Wildman–Crippen MR) is 304 cm³/mol. The highest BCUT2D eigenvalue weighted by Crippen LogP contribution is 2.64. The van der Waals surface area contributed by atoms with Crippen LogP contribution >= 0.6 is 0 Å². The summed E-state index contributed by atoms with van der Waals surface area (Å²) >= 11 is 0. The van der Waals surface area contributed by atoms with Crippen LogP contribution < -0.4 is 4.90 Å². The van der Waals surface area contributed by atoms with Gasteiger partial charge in [-0.15, -0.1) is 0 Å². The van der Waals surface area contributed by atoms with E-state index in [1.165, 1.54) is 121 Å². The van der Waals surface area contributed by atoms with Crippen LogP contribution in [-0.2, 0) is 5.41 Å². The summed E-state index contributed by atoms with van der Waals surface area (Å²) in [5.74, 6) is 0. The van der Waals surface area contributed by atoms with Gasteiger partial charge in [-0.3, -0.25) is 0 Å².